The second-order valence-corrected chi connectivity index (χ2v) is 3.40. The van der Waals surface area contributed by atoms with Crippen LogP contribution in [0.5, 0.6) is 0 Å². The summed E-state index contributed by atoms with van der Waals surface area (Å²) in [5.74, 6) is 1.45. The molecule has 0 bridgehead atoms. The molecule has 1 fully saturated rings. The van der Waals surface area contributed by atoms with Crippen LogP contribution in [-0.4, -0.2) is 16.1 Å². The van der Waals surface area contributed by atoms with Crippen LogP contribution in [0.25, 0.3) is 0 Å². The third-order valence-corrected chi connectivity index (χ3v) is 2.29. The fraction of sp³-hybridized carbons (Fsp3) is 0.625. The molecule has 0 unspecified atom stereocenters. The summed E-state index contributed by atoms with van der Waals surface area (Å²) in [6, 6.07) is 0. The van der Waals surface area contributed by atoms with E-state index in [2.05, 4.69) is 10.2 Å². The van der Waals surface area contributed by atoms with E-state index in [0.29, 0.717) is 5.88 Å². The Hall–Kier alpha value is -0.500. The van der Waals surface area contributed by atoms with Crippen molar-refractivity contribution < 1.29 is 0 Å². The van der Waals surface area contributed by atoms with E-state index in [1.807, 2.05) is 6.20 Å². The van der Waals surface area contributed by atoms with Gasteiger partial charge in [-0.15, -0.1) is 11.6 Å². The first-order valence-corrected chi connectivity index (χ1v) is 4.53. The molecule has 1 aromatic heterocycles. The number of nitrogens with one attached hydrogen (secondary N) is 1. The van der Waals surface area contributed by atoms with E-state index in [4.69, 9.17) is 11.6 Å². The third-order valence-electron chi connectivity index (χ3n) is 2.10. The number of alkyl halides is 1. The lowest BCUT2D eigenvalue weighted by molar-refractivity contribution is 0.947. The summed E-state index contributed by atoms with van der Waals surface area (Å²) in [5.41, 5.74) is 2.63. The Morgan fingerprint density at radius 3 is 3.09 bits per heavy atom. The van der Waals surface area contributed by atoms with Gasteiger partial charge in [-0.1, -0.05) is 0 Å². The molecule has 0 saturated heterocycles. The molecule has 2 rings (SSSR count). The number of aromatic nitrogens is 2. The van der Waals surface area contributed by atoms with Crippen LogP contribution in [0, 0.1) is 0 Å². The maximum absolute atomic E-state index is 5.65. The lowest BCUT2D eigenvalue weighted by Gasteiger charge is -1.96. The molecule has 0 spiro atoms. The van der Waals surface area contributed by atoms with Crippen molar-refractivity contribution in [1.29, 1.82) is 0 Å². The summed E-state index contributed by atoms with van der Waals surface area (Å²) >= 11 is 5.65. The largest absolute Gasteiger partial charge is 0.282 e. The van der Waals surface area contributed by atoms with Crippen molar-refractivity contribution in [3.8, 4) is 0 Å². The van der Waals surface area contributed by atoms with Gasteiger partial charge in [0.2, 0.25) is 0 Å². The Bertz CT molecular complexity index is 240. The first kappa shape index (κ1) is 7.17. The molecule has 1 aromatic rings. The highest BCUT2D eigenvalue weighted by Crippen LogP contribution is 2.40. The number of nitrogens with zero attached hydrogens (tertiary/aromatic N) is 1. The van der Waals surface area contributed by atoms with Gasteiger partial charge >= 0.3 is 0 Å². The minimum absolute atomic E-state index is 0.694. The molecule has 3 heteroatoms. The highest BCUT2D eigenvalue weighted by atomic mass is 35.5. The van der Waals surface area contributed by atoms with Crippen molar-refractivity contribution in [2.24, 2.45) is 0 Å². The van der Waals surface area contributed by atoms with Crippen LogP contribution in [-0.2, 0) is 6.42 Å². The Kier molecular flexibility index (Phi) is 1.86. The topological polar surface area (TPSA) is 28.7 Å². The molecule has 0 aromatic carbocycles. The van der Waals surface area contributed by atoms with Gasteiger partial charge < -0.3 is 0 Å². The zero-order valence-corrected chi connectivity index (χ0v) is 7.06. The molecule has 1 N–H and O–H groups in total. The fourth-order valence-electron chi connectivity index (χ4n) is 1.35. The summed E-state index contributed by atoms with van der Waals surface area (Å²) in [6.07, 6.45) is 5.48. The van der Waals surface area contributed by atoms with Crippen molar-refractivity contribution in [3.05, 3.63) is 17.5 Å². The number of aromatic amines is 1. The van der Waals surface area contributed by atoms with E-state index >= 15 is 0 Å². The maximum atomic E-state index is 5.65. The predicted octanol–water partition coefficient (Wildman–Crippen LogP) is 2.07. The van der Waals surface area contributed by atoms with E-state index in [1.54, 1.807) is 0 Å². The van der Waals surface area contributed by atoms with Crippen LogP contribution in [0.2, 0.25) is 0 Å². The molecule has 1 saturated carbocycles. The molecule has 1 aliphatic rings. The molecule has 0 amide bonds. The van der Waals surface area contributed by atoms with Gasteiger partial charge in [0.05, 0.1) is 6.20 Å². The Balaban J connectivity index is 2.16. The molecule has 0 radical (unpaired) electrons. The van der Waals surface area contributed by atoms with Crippen LogP contribution in [0.15, 0.2) is 6.20 Å². The van der Waals surface area contributed by atoms with Gasteiger partial charge in [0.1, 0.15) is 0 Å². The zero-order valence-electron chi connectivity index (χ0n) is 6.31. The molecule has 1 aliphatic carbocycles. The predicted molar refractivity (Wildman–Crippen MR) is 45.0 cm³/mol. The van der Waals surface area contributed by atoms with E-state index in [1.165, 1.54) is 24.1 Å². The third kappa shape index (κ3) is 1.41. The molecule has 0 aliphatic heterocycles. The fourth-order valence-corrected chi connectivity index (χ4v) is 1.55. The van der Waals surface area contributed by atoms with Crippen LogP contribution < -0.4 is 0 Å². The highest BCUT2D eigenvalue weighted by Gasteiger charge is 2.27. The lowest BCUT2D eigenvalue weighted by Crippen LogP contribution is -1.89. The van der Waals surface area contributed by atoms with Gasteiger partial charge in [0, 0.05) is 17.5 Å². The van der Waals surface area contributed by atoms with Crippen molar-refractivity contribution in [3.63, 3.8) is 0 Å². The minimum atomic E-state index is 0.694. The summed E-state index contributed by atoms with van der Waals surface area (Å²) in [4.78, 5) is 0. The Labute approximate surface area is 71.0 Å². The number of H-pyrrole nitrogens is 1. The smallest absolute Gasteiger partial charge is 0.0522 e. The van der Waals surface area contributed by atoms with Gasteiger partial charge in [-0.05, 0) is 24.8 Å². The molecule has 11 heavy (non-hydrogen) atoms. The molecular weight excluding hydrogens is 160 g/mol. The van der Waals surface area contributed by atoms with Gasteiger partial charge in [0.15, 0.2) is 0 Å². The monoisotopic (exact) mass is 170 g/mol. The molecule has 0 atom stereocenters. The van der Waals surface area contributed by atoms with Crippen molar-refractivity contribution in [1.82, 2.24) is 10.2 Å². The van der Waals surface area contributed by atoms with E-state index in [0.717, 1.165) is 12.3 Å². The van der Waals surface area contributed by atoms with E-state index < -0.39 is 0 Å². The van der Waals surface area contributed by atoms with Gasteiger partial charge in [0.25, 0.3) is 0 Å². The SMILES string of the molecule is ClCCc1cn[nH]c1C1CC1. The molecule has 60 valence electrons. The number of aryl methyl sites for hydroxylation is 1. The quantitative estimate of drug-likeness (QED) is 0.692. The Morgan fingerprint density at radius 2 is 2.45 bits per heavy atom. The first-order valence-electron chi connectivity index (χ1n) is 4.00. The lowest BCUT2D eigenvalue weighted by atomic mass is 10.1. The van der Waals surface area contributed by atoms with E-state index in [-0.39, 0.29) is 0 Å². The van der Waals surface area contributed by atoms with E-state index in [9.17, 15) is 0 Å². The van der Waals surface area contributed by atoms with Crippen LogP contribution in [0.1, 0.15) is 30.0 Å². The van der Waals surface area contributed by atoms with Crippen LogP contribution in [0.4, 0.5) is 0 Å². The summed E-state index contributed by atoms with van der Waals surface area (Å²) < 4.78 is 0. The average molecular weight is 171 g/mol. The van der Waals surface area contributed by atoms with Gasteiger partial charge in [-0.3, -0.25) is 5.10 Å². The molecular formula is C8H11ClN2. The minimum Gasteiger partial charge on any atom is -0.282 e. The number of halogens is 1. The summed E-state index contributed by atoms with van der Waals surface area (Å²) in [5, 5.41) is 7.06. The maximum Gasteiger partial charge on any atom is 0.0522 e. The number of rotatable bonds is 3. The number of hydrogen-bond donors (Lipinski definition) is 1. The summed E-state index contributed by atoms with van der Waals surface area (Å²) in [6.45, 7) is 0. The standard InChI is InChI=1S/C8H11ClN2/c9-4-3-7-5-10-11-8(7)6-1-2-6/h5-6H,1-4H2,(H,10,11). The second kappa shape index (κ2) is 2.86. The molecule has 1 heterocycles. The average Bonchev–Trinajstić information content (AvgIpc) is 2.75. The van der Waals surface area contributed by atoms with Crippen molar-refractivity contribution >= 4 is 11.6 Å². The first-order chi connectivity index (χ1) is 5.42. The van der Waals surface area contributed by atoms with Crippen LogP contribution >= 0.6 is 11.6 Å². The van der Waals surface area contributed by atoms with Gasteiger partial charge in [-0.25, -0.2) is 0 Å². The van der Waals surface area contributed by atoms with Crippen molar-refractivity contribution in [2.45, 2.75) is 25.2 Å². The highest BCUT2D eigenvalue weighted by molar-refractivity contribution is 6.17. The molecule has 2 nitrogen and oxygen atoms in total. The normalized spacial score (nSPS) is 17.2. The van der Waals surface area contributed by atoms with Gasteiger partial charge in [-0.2, -0.15) is 5.10 Å². The Morgan fingerprint density at radius 1 is 1.64 bits per heavy atom. The van der Waals surface area contributed by atoms with Crippen LogP contribution in [0.3, 0.4) is 0 Å². The zero-order chi connectivity index (χ0) is 7.68. The van der Waals surface area contributed by atoms with Crippen molar-refractivity contribution in [2.75, 3.05) is 5.88 Å². The number of hydrogen-bond acceptors (Lipinski definition) is 1. The second-order valence-electron chi connectivity index (χ2n) is 3.02. The summed E-state index contributed by atoms with van der Waals surface area (Å²) in [7, 11) is 0.